The summed E-state index contributed by atoms with van der Waals surface area (Å²) in [7, 11) is 0. The zero-order valence-corrected chi connectivity index (χ0v) is 13.5. The first-order valence-corrected chi connectivity index (χ1v) is 8.11. The lowest BCUT2D eigenvalue weighted by Gasteiger charge is -2.12. The largest absolute Gasteiger partial charge is 0.354 e. The summed E-state index contributed by atoms with van der Waals surface area (Å²) in [6, 6.07) is 9.36. The molecule has 0 spiro atoms. The number of hydrogen-bond acceptors (Lipinski definition) is 4. The summed E-state index contributed by atoms with van der Waals surface area (Å²) in [6.07, 6.45) is 4.34. The van der Waals surface area contributed by atoms with E-state index in [1.54, 1.807) is 12.2 Å². The van der Waals surface area contributed by atoms with Crippen molar-refractivity contribution >= 4 is 34.9 Å². The molecule has 1 saturated heterocycles. The summed E-state index contributed by atoms with van der Waals surface area (Å²) < 4.78 is 0. The molecular weight excluding hydrogens is 312 g/mol. The van der Waals surface area contributed by atoms with Gasteiger partial charge in [-0.2, -0.15) is 0 Å². The molecule has 1 aliphatic rings. The van der Waals surface area contributed by atoms with Crippen molar-refractivity contribution in [3.63, 3.8) is 0 Å². The summed E-state index contributed by atoms with van der Waals surface area (Å²) in [5.41, 5.74) is 0.871. The van der Waals surface area contributed by atoms with Gasteiger partial charge in [-0.15, -0.1) is 6.58 Å². The third kappa shape index (κ3) is 4.82. The minimum absolute atomic E-state index is 0.114. The molecular formula is C17H18N2O3S. The normalized spacial score (nSPS) is 16.0. The predicted octanol–water partition coefficient (Wildman–Crippen LogP) is 2.81. The van der Waals surface area contributed by atoms with E-state index in [0.29, 0.717) is 17.7 Å². The van der Waals surface area contributed by atoms with Gasteiger partial charge in [-0.1, -0.05) is 36.4 Å². The molecule has 0 atom stereocenters. The van der Waals surface area contributed by atoms with Crippen molar-refractivity contribution < 1.29 is 14.4 Å². The number of thioether (sulfide) groups is 1. The number of amides is 3. The number of nitrogens with one attached hydrogen (secondary N) is 1. The van der Waals surface area contributed by atoms with Crippen LogP contribution in [0.5, 0.6) is 0 Å². The van der Waals surface area contributed by atoms with E-state index in [-0.39, 0.29) is 30.1 Å². The second kappa shape index (κ2) is 8.33. The quantitative estimate of drug-likeness (QED) is 0.617. The van der Waals surface area contributed by atoms with Crippen molar-refractivity contribution in [3.8, 4) is 0 Å². The molecule has 1 aromatic rings. The average molecular weight is 330 g/mol. The van der Waals surface area contributed by atoms with Gasteiger partial charge in [-0.05, 0) is 29.8 Å². The third-order valence-corrected chi connectivity index (χ3v) is 4.11. The summed E-state index contributed by atoms with van der Waals surface area (Å²) in [5.74, 6) is -0.430. The highest BCUT2D eigenvalue weighted by atomic mass is 32.2. The van der Waals surface area contributed by atoms with Gasteiger partial charge in [-0.25, -0.2) is 0 Å². The Morgan fingerprint density at radius 2 is 2.00 bits per heavy atom. The molecule has 1 fully saturated rings. The number of rotatable bonds is 7. The van der Waals surface area contributed by atoms with E-state index in [0.717, 1.165) is 22.2 Å². The lowest BCUT2D eigenvalue weighted by molar-refractivity contribution is -0.124. The van der Waals surface area contributed by atoms with Crippen LogP contribution in [0.4, 0.5) is 4.79 Å². The van der Waals surface area contributed by atoms with E-state index in [9.17, 15) is 14.4 Å². The molecule has 0 aliphatic carbocycles. The Hall–Kier alpha value is -2.34. The first kappa shape index (κ1) is 17.0. The molecule has 1 heterocycles. The molecule has 2 rings (SSSR count). The summed E-state index contributed by atoms with van der Waals surface area (Å²) in [6.45, 7) is 3.99. The highest BCUT2D eigenvalue weighted by Crippen LogP contribution is 2.31. The van der Waals surface area contributed by atoms with E-state index in [1.165, 1.54) is 0 Å². The Bertz CT molecular complexity index is 640. The van der Waals surface area contributed by atoms with Gasteiger partial charge in [0.15, 0.2) is 0 Å². The van der Waals surface area contributed by atoms with E-state index in [1.807, 2.05) is 30.3 Å². The zero-order chi connectivity index (χ0) is 16.7. The molecule has 0 unspecified atom stereocenters. The molecule has 0 saturated carbocycles. The van der Waals surface area contributed by atoms with Gasteiger partial charge >= 0.3 is 0 Å². The minimum atomic E-state index is -0.316. The van der Waals surface area contributed by atoms with Crippen molar-refractivity contribution in [1.29, 1.82) is 0 Å². The van der Waals surface area contributed by atoms with Gasteiger partial charge in [0.05, 0.1) is 4.91 Å². The van der Waals surface area contributed by atoms with Gasteiger partial charge in [-0.3, -0.25) is 19.3 Å². The molecule has 5 nitrogen and oxygen atoms in total. The summed E-state index contributed by atoms with van der Waals surface area (Å²) in [5, 5.41) is 2.38. The second-order valence-electron chi connectivity index (χ2n) is 4.92. The number of nitrogens with zero attached hydrogens (tertiary/aromatic N) is 1. The number of allylic oxidation sites excluding steroid dienone is 1. The van der Waals surface area contributed by atoms with Crippen LogP contribution in [0.3, 0.4) is 0 Å². The standard InChI is InChI=1S/C17H18N2O3S/c1-2-3-9-15(20)18-10-11-19-16(21)14(23-17(19)22)12-13-7-5-4-6-8-13/h2,4-8,12H,1,3,9-11H2,(H,18,20)/b14-12+. The van der Waals surface area contributed by atoms with Gasteiger partial charge in [0.25, 0.3) is 11.1 Å². The van der Waals surface area contributed by atoms with Crippen LogP contribution in [0.25, 0.3) is 6.08 Å². The summed E-state index contributed by atoms with van der Waals surface area (Å²) in [4.78, 5) is 37.2. The molecule has 120 valence electrons. The number of imide groups is 1. The van der Waals surface area contributed by atoms with E-state index in [2.05, 4.69) is 11.9 Å². The van der Waals surface area contributed by atoms with Crippen molar-refractivity contribution in [2.75, 3.05) is 13.1 Å². The second-order valence-corrected chi connectivity index (χ2v) is 5.91. The Morgan fingerprint density at radius 1 is 1.26 bits per heavy atom. The third-order valence-electron chi connectivity index (χ3n) is 3.20. The maximum Gasteiger partial charge on any atom is 0.293 e. The molecule has 3 amide bonds. The van der Waals surface area contributed by atoms with Gasteiger partial charge in [0.1, 0.15) is 0 Å². The first-order valence-electron chi connectivity index (χ1n) is 7.30. The van der Waals surface area contributed by atoms with Gasteiger partial charge < -0.3 is 5.32 Å². The van der Waals surface area contributed by atoms with Crippen molar-refractivity contribution in [2.45, 2.75) is 12.8 Å². The lowest BCUT2D eigenvalue weighted by atomic mass is 10.2. The Morgan fingerprint density at radius 3 is 2.70 bits per heavy atom. The fraction of sp³-hybridized carbons (Fsp3) is 0.235. The van der Waals surface area contributed by atoms with Crippen LogP contribution in [0.2, 0.25) is 0 Å². The highest BCUT2D eigenvalue weighted by Gasteiger charge is 2.34. The number of benzene rings is 1. The monoisotopic (exact) mass is 330 g/mol. The molecule has 1 aliphatic heterocycles. The van der Waals surface area contributed by atoms with Crippen molar-refractivity contribution in [3.05, 3.63) is 53.5 Å². The number of hydrogen-bond donors (Lipinski definition) is 1. The van der Waals surface area contributed by atoms with Crippen molar-refractivity contribution in [1.82, 2.24) is 10.2 Å². The van der Waals surface area contributed by atoms with Crippen LogP contribution in [0.1, 0.15) is 18.4 Å². The molecule has 1 N–H and O–H groups in total. The molecule has 0 bridgehead atoms. The Kier molecular flexibility index (Phi) is 6.17. The lowest BCUT2D eigenvalue weighted by Crippen LogP contribution is -2.37. The molecule has 0 radical (unpaired) electrons. The Labute approximate surface area is 139 Å². The molecule has 23 heavy (non-hydrogen) atoms. The van der Waals surface area contributed by atoms with Crippen LogP contribution < -0.4 is 5.32 Å². The van der Waals surface area contributed by atoms with Crippen molar-refractivity contribution in [2.24, 2.45) is 0 Å². The number of carbonyl (C=O) groups excluding carboxylic acids is 3. The fourth-order valence-electron chi connectivity index (χ4n) is 2.02. The molecule has 6 heteroatoms. The van der Waals surface area contributed by atoms with E-state index in [4.69, 9.17) is 0 Å². The van der Waals surface area contributed by atoms with E-state index < -0.39 is 0 Å². The maximum atomic E-state index is 12.3. The van der Waals surface area contributed by atoms with E-state index >= 15 is 0 Å². The predicted molar refractivity (Wildman–Crippen MR) is 91.6 cm³/mol. The molecule has 1 aromatic carbocycles. The van der Waals surface area contributed by atoms with Crippen LogP contribution in [-0.2, 0) is 9.59 Å². The molecule has 0 aromatic heterocycles. The topological polar surface area (TPSA) is 66.5 Å². The minimum Gasteiger partial charge on any atom is -0.354 e. The van der Waals surface area contributed by atoms with Crippen LogP contribution in [-0.4, -0.2) is 35.0 Å². The van der Waals surface area contributed by atoms with Crippen LogP contribution >= 0.6 is 11.8 Å². The SMILES string of the molecule is C=CCCC(=O)NCCN1C(=O)S/C(=C/c2ccccc2)C1=O. The number of carbonyl (C=O) groups is 3. The highest BCUT2D eigenvalue weighted by molar-refractivity contribution is 8.18. The zero-order valence-electron chi connectivity index (χ0n) is 12.7. The average Bonchev–Trinajstić information content (AvgIpc) is 2.81. The fourth-order valence-corrected chi connectivity index (χ4v) is 2.89. The Balaban J connectivity index is 1.90. The van der Waals surface area contributed by atoms with Gasteiger partial charge in [0, 0.05) is 19.5 Å². The maximum absolute atomic E-state index is 12.3. The first-order chi connectivity index (χ1) is 11.1. The smallest absolute Gasteiger partial charge is 0.293 e. The van der Waals surface area contributed by atoms with Crippen LogP contribution in [0.15, 0.2) is 47.9 Å². The van der Waals surface area contributed by atoms with Gasteiger partial charge in [0.2, 0.25) is 5.91 Å². The summed E-state index contributed by atoms with van der Waals surface area (Å²) >= 11 is 0.922. The van der Waals surface area contributed by atoms with Crippen LogP contribution in [0, 0.1) is 0 Å².